The standard InChI is InChI=1S/C21H23FN4/c1-15-9-17(10-16-3-2-4-19(22)11-16)12-20(25-15)18-5-8-26(13-18)14-21-23-6-7-24-21/h2-4,6-7,9,11-12,18H,5,8,10,13-14H2,1H3,(H,23,24). The molecule has 0 aliphatic carbocycles. The van der Waals surface area contributed by atoms with Crippen molar-refractivity contribution in [2.75, 3.05) is 13.1 Å². The van der Waals surface area contributed by atoms with Crippen molar-refractivity contribution in [2.24, 2.45) is 0 Å². The van der Waals surface area contributed by atoms with Gasteiger partial charge in [-0.1, -0.05) is 12.1 Å². The van der Waals surface area contributed by atoms with E-state index in [1.54, 1.807) is 18.3 Å². The molecule has 4 nitrogen and oxygen atoms in total. The molecule has 0 spiro atoms. The topological polar surface area (TPSA) is 44.8 Å². The van der Waals surface area contributed by atoms with Crippen LogP contribution in [-0.4, -0.2) is 32.9 Å². The van der Waals surface area contributed by atoms with Crippen LogP contribution < -0.4 is 0 Å². The van der Waals surface area contributed by atoms with E-state index >= 15 is 0 Å². The van der Waals surface area contributed by atoms with Crippen LogP contribution >= 0.6 is 0 Å². The highest BCUT2D eigenvalue weighted by Crippen LogP contribution is 2.28. The Kier molecular flexibility index (Phi) is 4.80. The Morgan fingerprint density at radius 1 is 1.23 bits per heavy atom. The van der Waals surface area contributed by atoms with Crippen LogP contribution in [0.2, 0.25) is 0 Å². The zero-order chi connectivity index (χ0) is 17.9. The number of hydrogen-bond acceptors (Lipinski definition) is 3. The second kappa shape index (κ2) is 7.38. The fourth-order valence-corrected chi connectivity index (χ4v) is 3.78. The van der Waals surface area contributed by atoms with E-state index in [9.17, 15) is 4.39 Å². The SMILES string of the molecule is Cc1cc(Cc2cccc(F)c2)cc(C2CCN(Cc3ncc[nH]3)C2)n1. The van der Waals surface area contributed by atoms with Gasteiger partial charge in [-0.05, 0) is 61.7 Å². The van der Waals surface area contributed by atoms with Crippen LogP contribution in [0.25, 0.3) is 0 Å². The van der Waals surface area contributed by atoms with E-state index in [1.165, 1.54) is 11.6 Å². The van der Waals surface area contributed by atoms with E-state index in [-0.39, 0.29) is 5.82 Å². The molecule has 3 heterocycles. The van der Waals surface area contributed by atoms with E-state index in [0.29, 0.717) is 5.92 Å². The van der Waals surface area contributed by atoms with Gasteiger partial charge < -0.3 is 4.98 Å². The lowest BCUT2D eigenvalue weighted by molar-refractivity contribution is 0.318. The summed E-state index contributed by atoms with van der Waals surface area (Å²) < 4.78 is 13.4. The summed E-state index contributed by atoms with van der Waals surface area (Å²) in [6, 6.07) is 11.1. The van der Waals surface area contributed by atoms with E-state index in [4.69, 9.17) is 4.98 Å². The predicted octanol–water partition coefficient (Wildman–Crippen LogP) is 3.83. The average molecular weight is 350 g/mol. The molecule has 5 heteroatoms. The number of benzene rings is 1. The van der Waals surface area contributed by atoms with Crippen molar-refractivity contribution < 1.29 is 4.39 Å². The molecule has 0 saturated carbocycles. The fraction of sp³-hybridized carbons (Fsp3) is 0.333. The third-order valence-electron chi connectivity index (χ3n) is 4.95. The van der Waals surface area contributed by atoms with E-state index in [0.717, 1.165) is 55.3 Å². The molecule has 0 bridgehead atoms. The molecule has 1 N–H and O–H groups in total. The zero-order valence-corrected chi connectivity index (χ0v) is 15.0. The second-order valence-corrected chi connectivity index (χ2v) is 7.10. The molecule has 1 saturated heterocycles. The molecular formula is C21H23FN4. The summed E-state index contributed by atoms with van der Waals surface area (Å²) in [5.41, 5.74) is 4.37. The molecule has 1 aliphatic rings. The second-order valence-electron chi connectivity index (χ2n) is 7.10. The first-order valence-electron chi connectivity index (χ1n) is 9.08. The highest BCUT2D eigenvalue weighted by atomic mass is 19.1. The zero-order valence-electron chi connectivity index (χ0n) is 15.0. The van der Waals surface area contributed by atoms with Gasteiger partial charge in [-0.3, -0.25) is 9.88 Å². The highest BCUT2D eigenvalue weighted by molar-refractivity contribution is 5.30. The first-order chi connectivity index (χ1) is 12.7. The summed E-state index contributed by atoms with van der Waals surface area (Å²) in [4.78, 5) is 14.7. The smallest absolute Gasteiger partial charge is 0.123 e. The average Bonchev–Trinajstić information content (AvgIpc) is 3.27. The molecule has 4 rings (SSSR count). The molecule has 0 radical (unpaired) electrons. The van der Waals surface area contributed by atoms with Crippen molar-refractivity contribution in [3.05, 3.63) is 82.9 Å². The maximum Gasteiger partial charge on any atom is 0.123 e. The Morgan fingerprint density at radius 2 is 2.15 bits per heavy atom. The molecule has 134 valence electrons. The minimum atomic E-state index is -0.183. The van der Waals surface area contributed by atoms with Crippen LogP contribution in [0.1, 0.15) is 40.7 Å². The number of halogens is 1. The number of nitrogens with one attached hydrogen (secondary N) is 1. The maximum absolute atomic E-state index is 13.4. The summed E-state index contributed by atoms with van der Waals surface area (Å²) in [6.07, 6.45) is 5.50. The summed E-state index contributed by atoms with van der Waals surface area (Å²) >= 11 is 0. The van der Waals surface area contributed by atoms with Crippen molar-refractivity contribution in [1.29, 1.82) is 0 Å². The molecule has 1 unspecified atom stereocenters. The monoisotopic (exact) mass is 350 g/mol. The van der Waals surface area contributed by atoms with Crippen LogP contribution in [0.5, 0.6) is 0 Å². The van der Waals surface area contributed by atoms with Gasteiger partial charge in [0.15, 0.2) is 0 Å². The Balaban J connectivity index is 1.47. The van der Waals surface area contributed by atoms with Gasteiger partial charge in [-0.15, -0.1) is 0 Å². The number of imidazole rings is 1. The van der Waals surface area contributed by atoms with Gasteiger partial charge in [0.25, 0.3) is 0 Å². The van der Waals surface area contributed by atoms with E-state index in [1.807, 2.05) is 19.2 Å². The van der Waals surface area contributed by atoms with Gasteiger partial charge in [0, 0.05) is 36.2 Å². The summed E-state index contributed by atoms with van der Waals surface area (Å²) in [6.45, 7) is 4.94. The molecule has 2 aromatic heterocycles. The minimum absolute atomic E-state index is 0.183. The van der Waals surface area contributed by atoms with Crippen molar-refractivity contribution in [3.63, 3.8) is 0 Å². The summed E-state index contributed by atoms with van der Waals surface area (Å²) in [7, 11) is 0. The molecular weight excluding hydrogens is 327 g/mol. The molecule has 0 amide bonds. The van der Waals surface area contributed by atoms with Gasteiger partial charge >= 0.3 is 0 Å². The normalized spacial score (nSPS) is 17.7. The summed E-state index contributed by atoms with van der Waals surface area (Å²) in [5.74, 6) is 1.27. The number of hydrogen-bond donors (Lipinski definition) is 1. The lowest BCUT2D eigenvalue weighted by Gasteiger charge is -2.15. The van der Waals surface area contributed by atoms with Gasteiger partial charge in [0.05, 0.1) is 6.54 Å². The Labute approximate surface area is 153 Å². The predicted molar refractivity (Wildman–Crippen MR) is 99.4 cm³/mol. The largest absolute Gasteiger partial charge is 0.348 e. The van der Waals surface area contributed by atoms with Crippen LogP contribution in [0.3, 0.4) is 0 Å². The van der Waals surface area contributed by atoms with Crippen molar-refractivity contribution in [3.8, 4) is 0 Å². The van der Waals surface area contributed by atoms with Crippen LogP contribution in [0.15, 0.2) is 48.8 Å². The number of nitrogens with zero attached hydrogens (tertiary/aromatic N) is 3. The number of aromatic nitrogens is 3. The van der Waals surface area contributed by atoms with Crippen LogP contribution in [0.4, 0.5) is 4.39 Å². The van der Waals surface area contributed by atoms with Gasteiger partial charge in [0.1, 0.15) is 11.6 Å². The van der Waals surface area contributed by atoms with Gasteiger partial charge in [-0.25, -0.2) is 9.37 Å². The Bertz CT molecular complexity index is 875. The van der Waals surface area contributed by atoms with Crippen molar-refractivity contribution in [1.82, 2.24) is 19.9 Å². The number of aromatic amines is 1. The minimum Gasteiger partial charge on any atom is -0.348 e. The van der Waals surface area contributed by atoms with Crippen LogP contribution in [-0.2, 0) is 13.0 Å². The molecule has 26 heavy (non-hydrogen) atoms. The fourth-order valence-electron chi connectivity index (χ4n) is 3.78. The Morgan fingerprint density at radius 3 is 2.96 bits per heavy atom. The quantitative estimate of drug-likeness (QED) is 0.760. The van der Waals surface area contributed by atoms with Crippen molar-refractivity contribution >= 4 is 0 Å². The van der Waals surface area contributed by atoms with E-state index in [2.05, 4.69) is 27.0 Å². The number of rotatable bonds is 5. The molecule has 1 fully saturated rings. The van der Waals surface area contributed by atoms with Gasteiger partial charge in [0.2, 0.25) is 0 Å². The number of H-pyrrole nitrogens is 1. The molecule has 1 atom stereocenters. The maximum atomic E-state index is 13.4. The molecule has 1 aliphatic heterocycles. The lowest BCUT2D eigenvalue weighted by Crippen LogP contribution is -2.20. The third kappa shape index (κ3) is 3.99. The first kappa shape index (κ1) is 16.9. The Hall–Kier alpha value is -2.53. The lowest BCUT2D eigenvalue weighted by atomic mass is 9.98. The van der Waals surface area contributed by atoms with E-state index < -0.39 is 0 Å². The van der Waals surface area contributed by atoms with Crippen LogP contribution in [0, 0.1) is 12.7 Å². The number of likely N-dealkylation sites (tertiary alicyclic amines) is 1. The number of aryl methyl sites for hydroxylation is 1. The third-order valence-corrected chi connectivity index (χ3v) is 4.95. The highest BCUT2D eigenvalue weighted by Gasteiger charge is 2.25. The number of pyridine rings is 1. The first-order valence-corrected chi connectivity index (χ1v) is 9.08. The van der Waals surface area contributed by atoms with Gasteiger partial charge in [-0.2, -0.15) is 0 Å². The molecule has 1 aromatic carbocycles. The molecule has 3 aromatic rings. The summed E-state index contributed by atoms with van der Waals surface area (Å²) in [5, 5.41) is 0. The van der Waals surface area contributed by atoms with Crippen molar-refractivity contribution in [2.45, 2.75) is 32.2 Å².